The van der Waals surface area contributed by atoms with Crippen LogP contribution in [0.3, 0.4) is 0 Å². The van der Waals surface area contributed by atoms with Gasteiger partial charge in [-0.25, -0.2) is 4.79 Å². The summed E-state index contributed by atoms with van der Waals surface area (Å²) in [5.74, 6) is -0.331. The van der Waals surface area contributed by atoms with Gasteiger partial charge in [-0.3, -0.25) is 4.90 Å². The second kappa shape index (κ2) is 5.72. The van der Waals surface area contributed by atoms with Crippen LogP contribution in [-0.4, -0.2) is 50.2 Å². The molecule has 0 aliphatic carbocycles. The summed E-state index contributed by atoms with van der Waals surface area (Å²) < 4.78 is 67.1. The van der Waals surface area contributed by atoms with Crippen LogP contribution in [0.4, 0.5) is 18.0 Å². The maximum atomic E-state index is 12.2. The number of nitrogens with two attached hydrogens (primary N) is 1. The van der Waals surface area contributed by atoms with Gasteiger partial charge in [0.25, 0.3) is 0 Å². The molecule has 1 aliphatic rings. The van der Waals surface area contributed by atoms with Crippen LogP contribution in [0.2, 0.25) is 0 Å². The number of primary amides is 1. The molecule has 0 saturated heterocycles. The summed E-state index contributed by atoms with van der Waals surface area (Å²) in [4.78, 5) is 12.2. The Kier molecular flexibility index (Phi) is 4.78. The molecule has 0 unspecified atom stereocenters. The molecule has 0 aromatic heterocycles. The highest BCUT2D eigenvalue weighted by Crippen LogP contribution is 2.28. The summed E-state index contributed by atoms with van der Waals surface area (Å²) >= 11 is 0. The summed E-state index contributed by atoms with van der Waals surface area (Å²) in [6, 6.07) is 0. The molecule has 0 atom stereocenters. The lowest BCUT2D eigenvalue weighted by molar-refractivity contribution is -0.0524. The lowest BCUT2D eigenvalue weighted by Gasteiger charge is -2.29. The average molecular weight is 332 g/mol. The number of carbonyl (C=O) groups excluding carboxylic acids is 1. The van der Waals surface area contributed by atoms with E-state index in [2.05, 4.69) is 4.18 Å². The molecule has 1 rings (SSSR count). The largest absolute Gasteiger partial charge is 0.534 e. The van der Waals surface area contributed by atoms with E-state index in [9.17, 15) is 26.4 Å². The molecule has 0 fully saturated rings. The first-order valence-corrected chi connectivity index (χ1v) is 7.14. The molecule has 0 aromatic carbocycles. The van der Waals surface area contributed by atoms with Crippen LogP contribution >= 0.6 is 0 Å². The fraction of sp³-hybridized carbons (Fsp3) is 0.700. The van der Waals surface area contributed by atoms with Gasteiger partial charge >= 0.3 is 21.7 Å². The van der Waals surface area contributed by atoms with Crippen LogP contribution in [0.25, 0.3) is 0 Å². The minimum absolute atomic E-state index is 0.144. The number of alkyl halides is 3. The third-order valence-corrected chi connectivity index (χ3v) is 3.44. The van der Waals surface area contributed by atoms with Crippen molar-refractivity contribution in [3.63, 3.8) is 0 Å². The van der Waals surface area contributed by atoms with Crippen LogP contribution in [0.15, 0.2) is 11.8 Å². The normalized spacial score (nSPS) is 17.5. The van der Waals surface area contributed by atoms with E-state index in [1.807, 2.05) is 0 Å². The van der Waals surface area contributed by atoms with Crippen LogP contribution in [-0.2, 0) is 19.0 Å². The van der Waals surface area contributed by atoms with E-state index in [4.69, 9.17) is 10.5 Å². The lowest BCUT2D eigenvalue weighted by Crippen LogP contribution is -2.42. The molecule has 1 amide bonds. The molecule has 122 valence electrons. The summed E-state index contributed by atoms with van der Waals surface area (Å²) in [6.45, 7) is 3.27. The van der Waals surface area contributed by atoms with Crippen molar-refractivity contribution >= 4 is 16.2 Å². The zero-order valence-electron chi connectivity index (χ0n) is 11.3. The average Bonchev–Trinajstić information content (AvgIpc) is 2.59. The first-order chi connectivity index (χ1) is 9.32. The second-order valence-electron chi connectivity index (χ2n) is 5.00. The SMILES string of the molecule is CC(C)(CN1CC=C(OS(=O)(=O)C(F)(F)F)C1)OC(N)=O. The molecule has 0 radical (unpaired) electrons. The Labute approximate surface area is 119 Å². The number of halogens is 3. The van der Waals surface area contributed by atoms with Gasteiger partial charge in [-0.05, 0) is 19.9 Å². The minimum Gasteiger partial charge on any atom is -0.442 e. The molecule has 0 spiro atoms. The van der Waals surface area contributed by atoms with Crippen molar-refractivity contribution in [1.82, 2.24) is 4.90 Å². The third-order valence-electron chi connectivity index (χ3n) is 2.44. The molecule has 1 heterocycles. The monoisotopic (exact) mass is 332 g/mol. The number of nitrogens with zero attached hydrogens (tertiary/aromatic N) is 1. The number of amides is 1. The third kappa shape index (κ3) is 5.08. The maximum absolute atomic E-state index is 12.2. The van der Waals surface area contributed by atoms with Crippen molar-refractivity contribution in [1.29, 1.82) is 0 Å². The first kappa shape index (κ1) is 17.6. The standard InChI is InChI=1S/C10H15F3N2O5S/c1-9(2,19-8(14)16)6-15-4-3-7(5-15)20-21(17,18)10(11,12)13/h3H,4-6H2,1-2H3,(H2,14,16). The van der Waals surface area contributed by atoms with Crippen molar-refractivity contribution in [3.8, 4) is 0 Å². The molecule has 11 heteroatoms. The Morgan fingerprint density at radius 2 is 2.00 bits per heavy atom. The van der Waals surface area contributed by atoms with Gasteiger partial charge in [-0.1, -0.05) is 0 Å². The Balaban J connectivity index is 2.59. The molecule has 1 aliphatic heterocycles. The van der Waals surface area contributed by atoms with E-state index in [0.29, 0.717) is 0 Å². The molecular formula is C10H15F3N2O5S. The minimum atomic E-state index is -5.67. The first-order valence-electron chi connectivity index (χ1n) is 5.73. The lowest BCUT2D eigenvalue weighted by atomic mass is 10.1. The molecule has 2 N–H and O–H groups in total. The van der Waals surface area contributed by atoms with E-state index in [1.54, 1.807) is 18.7 Å². The Bertz CT molecular complexity index is 541. The van der Waals surface area contributed by atoms with Crippen molar-refractivity contribution in [2.75, 3.05) is 19.6 Å². The van der Waals surface area contributed by atoms with Crippen LogP contribution < -0.4 is 5.73 Å². The number of carbonyl (C=O) groups is 1. The molecule has 21 heavy (non-hydrogen) atoms. The van der Waals surface area contributed by atoms with Crippen LogP contribution in [0.5, 0.6) is 0 Å². The summed E-state index contributed by atoms with van der Waals surface area (Å²) in [5, 5.41) is 0. The van der Waals surface area contributed by atoms with Crippen LogP contribution in [0.1, 0.15) is 13.8 Å². The quantitative estimate of drug-likeness (QED) is 0.594. The van der Waals surface area contributed by atoms with E-state index in [0.717, 1.165) is 0 Å². The van der Waals surface area contributed by atoms with E-state index >= 15 is 0 Å². The van der Waals surface area contributed by atoms with Crippen LogP contribution in [0, 0.1) is 0 Å². The Morgan fingerprint density at radius 1 is 1.43 bits per heavy atom. The van der Waals surface area contributed by atoms with Crippen molar-refractivity contribution in [3.05, 3.63) is 11.8 Å². The number of hydrogen-bond acceptors (Lipinski definition) is 6. The number of hydrogen-bond donors (Lipinski definition) is 1. The van der Waals surface area contributed by atoms with Crippen molar-refractivity contribution in [2.24, 2.45) is 5.73 Å². The van der Waals surface area contributed by atoms with Gasteiger partial charge in [0.05, 0.1) is 6.54 Å². The Hall–Kier alpha value is -1.49. The smallest absolute Gasteiger partial charge is 0.442 e. The predicted molar refractivity (Wildman–Crippen MR) is 65.3 cm³/mol. The number of rotatable bonds is 5. The van der Waals surface area contributed by atoms with Gasteiger partial charge in [-0.15, -0.1) is 0 Å². The van der Waals surface area contributed by atoms with Gasteiger partial charge in [0.15, 0.2) is 0 Å². The molecular weight excluding hydrogens is 317 g/mol. The van der Waals surface area contributed by atoms with Gasteiger partial charge in [0.2, 0.25) is 0 Å². The van der Waals surface area contributed by atoms with Gasteiger partial charge < -0.3 is 14.7 Å². The second-order valence-corrected chi connectivity index (χ2v) is 6.54. The zero-order chi connectivity index (χ0) is 16.5. The van der Waals surface area contributed by atoms with Crippen molar-refractivity contribution < 1.29 is 35.3 Å². The summed E-state index contributed by atoms with van der Waals surface area (Å²) in [7, 11) is -5.67. The fourth-order valence-corrected chi connectivity index (χ4v) is 2.29. The number of ether oxygens (including phenoxy) is 1. The molecule has 0 saturated carbocycles. The van der Waals surface area contributed by atoms with Gasteiger partial charge in [0.1, 0.15) is 11.4 Å². The zero-order valence-corrected chi connectivity index (χ0v) is 12.1. The van der Waals surface area contributed by atoms with Gasteiger partial charge in [0, 0.05) is 13.1 Å². The maximum Gasteiger partial charge on any atom is 0.534 e. The highest BCUT2D eigenvalue weighted by Gasteiger charge is 2.49. The van der Waals surface area contributed by atoms with Crippen molar-refractivity contribution in [2.45, 2.75) is 25.0 Å². The molecule has 0 aromatic rings. The molecule has 7 nitrogen and oxygen atoms in total. The van der Waals surface area contributed by atoms with E-state index < -0.39 is 27.3 Å². The fourth-order valence-electron chi connectivity index (χ4n) is 1.79. The van der Waals surface area contributed by atoms with Gasteiger partial charge in [-0.2, -0.15) is 21.6 Å². The summed E-state index contributed by atoms with van der Waals surface area (Å²) in [6.07, 6.45) is 0.229. The van der Waals surface area contributed by atoms with E-state index in [-0.39, 0.29) is 25.4 Å². The summed E-state index contributed by atoms with van der Waals surface area (Å²) in [5.41, 5.74) is -1.56. The highest BCUT2D eigenvalue weighted by molar-refractivity contribution is 7.87. The predicted octanol–water partition coefficient (Wildman–Crippen LogP) is 0.926. The van der Waals surface area contributed by atoms with E-state index in [1.165, 1.54) is 6.08 Å². The highest BCUT2D eigenvalue weighted by atomic mass is 32.2. The molecule has 0 bridgehead atoms. The topological polar surface area (TPSA) is 98.9 Å². The Morgan fingerprint density at radius 3 is 2.48 bits per heavy atom.